The van der Waals surface area contributed by atoms with Gasteiger partial charge in [0.15, 0.2) is 4.34 Å². The zero-order valence-electron chi connectivity index (χ0n) is 13.0. The number of anilines is 1. The van der Waals surface area contributed by atoms with Gasteiger partial charge in [0.25, 0.3) is 5.91 Å². The number of benzene rings is 1. The molecule has 0 aliphatic carbocycles. The van der Waals surface area contributed by atoms with Crippen molar-refractivity contribution in [3.05, 3.63) is 42.1 Å². The van der Waals surface area contributed by atoms with Crippen molar-refractivity contribution in [3.63, 3.8) is 0 Å². The molecule has 0 aliphatic heterocycles. The molecule has 24 heavy (non-hydrogen) atoms. The van der Waals surface area contributed by atoms with E-state index in [1.807, 2.05) is 18.2 Å². The second-order valence-electron chi connectivity index (χ2n) is 4.95. The van der Waals surface area contributed by atoms with Crippen LogP contribution in [-0.2, 0) is 6.54 Å². The Labute approximate surface area is 147 Å². The van der Waals surface area contributed by atoms with Crippen LogP contribution in [0.3, 0.4) is 0 Å². The molecule has 0 saturated heterocycles. The smallest absolute Gasteiger partial charge is 0.256 e. The molecule has 9 heteroatoms. The van der Waals surface area contributed by atoms with Crippen LogP contribution in [-0.4, -0.2) is 31.1 Å². The van der Waals surface area contributed by atoms with Crippen LogP contribution in [0.25, 0.3) is 0 Å². The van der Waals surface area contributed by atoms with E-state index in [2.05, 4.69) is 32.7 Å². The van der Waals surface area contributed by atoms with Crippen LogP contribution < -0.4 is 5.32 Å². The van der Waals surface area contributed by atoms with Gasteiger partial charge in [-0.15, -0.1) is 5.10 Å². The predicted molar refractivity (Wildman–Crippen MR) is 93.4 cm³/mol. The topological polar surface area (TPSA) is 85.6 Å². The average molecular weight is 360 g/mol. The highest BCUT2D eigenvalue weighted by Gasteiger charge is 2.12. The van der Waals surface area contributed by atoms with E-state index >= 15 is 0 Å². The van der Waals surface area contributed by atoms with Crippen molar-refractivity contribution in [2.45, 2.75) is 35.8 Å². The number of rotatable bonds is 7. The first-order valence-corrected chi connectivity index (χ1v) is 9.16. The Balaban J connectivity index is 1.64. The molecule has 2 aromatic heterocycles. The van der Waals surface area contributed by atoms with Crippen molar-refractivity contribution >= 4 is 34.0 Å². The van der Waals surface area contributed by atoms with Crippen molar-refractivity contribution in [3.8, 4) is 0 Å². The highest BCUT2D eigenvalue weighted by molar-refractivity contribution is 8.00. The fraction of sp³-hybridized carbons (Fsp3) is 0.267. The van der Waals surface area contributed by atoms with Gasteiger partial charge in [-0.3, -0.25) is 4.79 Å². The van der Waals surface area contributed by atoms with Crippen molar-refractivity contribution in [1.82, 2.24) is 25.2 Å². The van der Waals surface area contributed by atoms with Crippen molar-refractivity contribution < 1.29 is 4.79 Å². The highest BCUT2D eigenvalue weighted by Crippen LogP contribution is 2.32. The van der Waals surface area contributed by atoms with E-state index in [0.717, 1.165) is 23.7 Å². The third-order valence-corrected chi connectivity index (χ3v) is 5.12. The first-order chi connectivity index (χ1) is 11.8. The molecule has 1 N–H and O–H groups in total. The number of hydrogen-bond donors (Lipinski definition) is 1. The number of carbonyl (C=O) groups is 1. The first kappa shape index (κ1) is 16.6. The third-order valence-electron chi connectivity index (χ3n) is 3.16. The maximum atomic E-state index is 12.1. The lowest BCUT2D eigenvalue weighted by molar-refractivity contribution is 0.102. The van der Waals surface area contributed by atoms with Gasteiger partial charge < -0.3 is 5.32 Å². The van der Waals surface area contributed by atoms with Crippen molar-refractivity contribution in [2.24, 2.45) is 0 Å². The number of carbonyl (C=O) groups excluding carboxylic acids is 1. The van der Waals surface area contributed by atoms with Crippen LogP contribution in [0.15, 0.2) is 46.0 Å². The number of amides is 1. The Kier molecular flexibility index (Phi) is 5.55. The van der Waals surface area contributed by atoms with Crippen LogP contribution in [0.2, 0.25) is 0 Å². The summed E-state index contributed by atoms with van der Waals surface area (Å²) < 4.78 is 2.56. The van der Waals surface area contributed by atoms with Gasteiger partial charge in [-0.2, -0.15) is 0 Å². The number of nitrogens with zero attached hydrogens (tertiary/aromatic N) is 5. The van der Waals surface area contributed by atoms with Gasteiger partial charge >= 0.3 is 0 Å². The number of unbranched alkanes of at least 4 members (excludes halogenated alkanes) is 1. The second kappa shape index (κ2) is 8.02. The SMILES string of the molecule is CCCCn1nnnc1Sc1ncc(NC(=O)c2ccccc2)s1. The summed E-state index contributed by atoms with van der Waals surface area (Å²) in [5, 5.41) is 16.0. The van der Waals surface area contributed by atoms with E-state index in [4.69, 9.17) is 0 Å². The maximum Gasteiger partial charge on any atom is 0.256 e. The highest BCUT2D eigenvalue weighted by atomic mass is 32.2. The molecule has 0 radical (unpaired) electrons. The Bertz CT molecular complexity index is 801. The summed E-state index contributed by atoms with van der Waals surface area (Å²) in [7, 11) is 0. The lowest BCUT2D eigenvalue weighted by Gasteiger charge is -2.01. The summed E-state index contributed by atoms with van der Waals surface area (Å²) in [5.74, 6) is -0.149. The monoisotopic (exact) mass is 360 g/mol. The number of hydrogen-bond acceptors (Lipinski definition) is 7. The molecular formula is C15H16N6OS2. The van der Waals surface area contributed by atoms with Crippen molar-refractivity contribution in [2.75, 3.05) is 5.32 Å². The number of tetrazole rings is 1. The summed E-state index contributed by atoms with van der Waals surface area (Å²) in [4.78, 5) is 16.5. The molecule has 7 nitrogen and oxygen atoms in total. The predicted octanol–water partition coefficient (Wildman–Crippen LogP) is 3.33. The summed E-state index contributed by atoms with van der Waals surface area (Å²) in [6.45, 7) is 2.91. The molecule has 1 aromatic carbocycles. The Hall–Kier alpha value is -2.26. The zero-order chi connectivity index (χ0) is 16.8. The van der Waals surface area contributed by atoms with Crippen LogP contribution in [0, 0.1) is 0 Å². The molecule has 2 heterocycles. The normalized spacial score (nSPS) is 10.7. The van der Waals surface area contributed by atoms with Gasteiger partial charge in [-0.1, -0.05) is 42.9 Å². The van der Waals surface area contributed by atoms with Crippen LogP contribution >= 0.6 is 23.1 Å². The van der Waals surface area contributed by atoms with E-state index in [9.17, 15) is 4.79 Å². The minimum absolute atomic E-state index is 0.149. The molecule has 1 amide bonds. The van der Waals surface area contributed by atoms with Gasteiger partial charge in [0, 0.05) is 12.1 Å². The minimum Gasteiger partial charge on any atom is -0.312 e. The molecule has 0 spiro atoms. The number of nitrogens with one attached hydrogen (secondary N) is 1. The molecule has 0 aliphatic rings. The Morgan fingerprint density at radius 3 is 2.96 bits per heavy atom. The van der Waals surface area contributed by atoms with Crippen LogP contribution in [0.5, 0.6) is 0 Å². The maximum absolute atomic E-state index is 12.1. The molecule has 0 bridgehead atoms. The number of aromatic nitrogens is 5. The average Bonchev–Trinajstić information content (AvgIpc) is 3.23. The zero-order valence-corrected chi connectivity index (χ0v) is 14.7. The lowest BCUT2D eigenvalue weighted by Crippen LogP contribution is -2.10. The van der Waals surface area contributed by atoms with E-state index in [-0.39, 0.29) is 5.91 Å². The molecular weight excluding hydrogens is 344 g/mol. The van der Waals surface area contributed by atoms with Crippen LogP contribution in [0.4, 0.5) is 5.00 Å². The molecule has 3 rings (SSSR count). The fourth-order valence-electron chi connectivity index (χ4n) is 1.93. The van der Waals surface area contributed by atoms with Gasteiger partial charge in [-0.25, -0.2) is 9.67 Å². The minimum atomic E-state index is -0.149. The molecule has 124 valence electrons. The number of aryl methyl sites for hydroxylation is 1. The van der Waals surface area contributed by atoms with Gasteiger partial charge in [-0.05, 0) is 40.7 Å². The summed E-state index contributed by atoms with van der Waals surface area (Å²) in [6.07, 6.45) is 3.75. The van der Waals surface area contributed by atoms with Gasteiger partial charge in [0.2, 0.25) is 5.16 Å². The fourth-order valence-corrected chi connectivity index (χ4v) is 3.71. The number of thiazole rings is 1. The van der Waals surface area contributed by atoms with Crippen LogP contribution in [0.1, 0.15) is 30.1 Å². The Morgan fingerprint density at radius 2 is 2.17 bits per heavy atom. The third kappa shape index (κ3) is 4.18. The molecule has 0 fully saturated rings. The molecule has 0 unspecified atom stereocenters. The summed E-state index contributed by atoms with van der Waals surface area (Å²) in [5.41, 5.74) is 0.614. The Morgan fingerprint density at radius 1 is 1.33 bits per heavy atom. The van der Waals surface area contributed by atoms with E-state index in [1.165, 1.54) is 23.1 Å². The van der Waals surface area contributed by atoms with E-state index in [0.29, 0.717) is 15.7 Å². The lowest BCUT2D eigenvalue weighted by atomic mass is 10.2. The standard InChI is InChI=1S/C15H16N6OS2/c1-2-3-9-21-14(18-19-20-21)24-15-16-10-12(23-15)17-13(22)11-7-5-4-6-8-11/h4-8,10H,2-3,9H2,1H3,(H,17,22). The molecule has 0 saturated carbocycles. The first-order valence-electron chi connectivity index (χ1n) is 7.52. The van der Waals surface area contributed by atoms with Crippen molar-refractivity contribution in [1.29, 1.82) is 0 Å². The second-order valence-corrected chi connectivity index (χ2v) is 7.20. The van der Waals surface area contributed by atoms with Gasteiger partial charge in [0.05, 0.1) is 6.20 Å². The quantitative estimate of drug-likeness (QED) is 0.695. The summed E-state index contributed by atoms with van der Waals surface area (Å²) >= 11 is 2.80. The van der Waals surface area contributed by atoms with Gasteiger partial charge in [0.1, 0.15) is 5.00 Å². The van der Waals surface area contributed by atoms with E-state index < -0.39 is 0 Å². The van der Waals surface area contributed by atoms with E-state index in [1.54, 1.807) is 23.0 Å². The molecule has 0 atom stereocenters. The largest absolute Gasteiger partial charge is 0.312 e. The molecule has 3 aromatic rings. The summed E-state index contributed by atoms with van der Waals surface area (Å²) in [6, 6.07) is 9.08.